The summed E-state index contributed by atoms with van der Waals surface area (Å²) < 4.78 is 37.6. The van der Waals surface area contributed by atoms with Crippen LogP contribution in [0.1, 0.15) is 70.3 Å². The molecule has 0 heterocycles. The van der Waals surface area contributed by atoms with Crippen LogP contribution in [0.5, 0.6) is 0 Å². The zero-order chi connectivity index (χ0) is 28.1. The molecule has 3 fully saturated rings. The molecule has 4 rings (SSSR count). The van der Waals surface area contributed by atoms with E-state index in [9.17, 15) is 24.3 Å². The van der Waals surface area contributed by atoms with E-state index in [-0.39, 0.29) is 43.0 Å². The van der Waals surface area contributed by atoms with Gasteiger partial charge in [0.2, 0.25) is 5.78 Å². The summed E-state index contributed by atoms with van der Waals surface area (Å²) in [6.45, 7) is 2.21. The molecular formula is C27H36O8. The molecule has 0 bridgehead atoms. The van der Waals surface area contributed by atoms with E-state index in [0.717, 1.165) is 5.57 Å². The Hall–Kier alpha value is -2.48. The summed E-state index contributed by atoms with van der Waals surface area (Å²) in [6.07, 6.45) is 4.61. The maximum Gasteiger partial charge on any atom is 0.509 e. The SMILES string of the molecule is [2H]C([2H])([2H])CC(=O)OCC(=O)[C@@]1(OC(=O)OCC)CC[C@H]2[C@@H]3CCC4=CC(=O)C=C[C@]4(C)[C@H]3[C@@H](O)C[C@@]21C. The van der Waals surface area contributed by atoms with Gasteiger partial charge in [0.15, 0.2) is 18.0 Å². The monoisotopic (exact) mass is 491 g/mol. The number of hydrogen-bond acceptors (Lipinski definition) is 8. The number of ketones is 2. The number of aliphatic hydroxyl groups excluding tert-OH is 1. The van der Waals surface area contributed by atoms with E-state index in [2.05, 4.69) is 0 Å². The lowest BCUT2D eigenvalue weighted by Gasteiger charge is -2.59. The zero-order valence-electron chi connectivity index (χ0n) is 23.5. The Morgan fingerprint density at radius 3 is 2.71 bits per heavy atom. The van der Waals surface area contributed by atoms with Gasteiger partial charge in [0.1, 0.15) is 0 Å². The van der Waals surface area contributed by atoms with E-state index in [1.54, 1.807) is 19.1 Å². The van der Waals surface area contributed by atoms with Crippen LogP contribution in [0.3, 0.4) is 0 Å². The maximum absolute atomic E-state index is 13.7. The molecule has 0 aromatic carbocycles. The van der Waals surface area contributed by atoms with E-state index in [0.29, 0.717) is 19.3 Å². The molecule has 192 valence electrons. The largest absolute Gasteiger partial charge is 0.509 e. The summed E-state index contributed by atoms with van der Waals surface area (Å²) in [7, 11) is 0. The molecule has 0 spiro atoms. The number of ether oxygens (including phenoxy) is 3. The summed E-state index contributed by atoms with van der Waals surface area (Å²) in [5, 5.41) is 11.6. The van der Waals surface area contributed by atoms with Crippen molar-refractivity contribution >= 4 is 23.7 Å². The van der Waals surface area contributed by atoms with Crippen molar-refractivity contribution in [1.82, 2.24) is 0 Å². The maximum atomic E-state index is 13.7. The summed E-state index contributed by atoms with van der Waals surface area (Å²) in [6, 6.07) is 0. The first-order valence-corrected chi connectivity index (χ1v) is 12.3. The lowest BCUT2D eigenvalue weighted by molar-refractivity contribution is -0.185. The first kappa shape index (κ1) is 21.8. The third kappa shape index (κ3) is 3.94. The highest BCUT2D eigenvalue weighted by Gasteiger charge is 2.70. The number of fused-ring (bicyclic) bond motifs is 5. The predicted molar refractivity (Wildman–Crippen MR) is 125 cm³/mol. The Morgan fingerprint density at radius 1 is 1.23 bits per heavy atom. The van der Waals surface area contributed by atoms with Crippen molar-refractivity contribution in [3.63, 3.8) is 0 Å². The topological polar surface area (TPSA) is 116 Å². The molecule has 0 radical (unpaired) electrons. The van der Waals surface area contributed by atoms with E-state index >= 15 is 0 Å². The molecule has 4 aliphatic carbocycles. The molecular weight excluding hydrogens is 452 g/mol. The fraction of sp³-hybridized carbons (Fsp3) is 0.704. The molecule has 4 aliphatic rings. The Kier molecular flexibility index (Phi) is 5.72. The van der Waals surface area contributed by atoms with Gasteiger partial charge in [-0.2, -0.15) is 0 Å². The molecule has 0 aliphatic heterocycles. The minimum absolute atomic E-state index is 0.0117. The van der Waals surface area contributed by atoms with Gasteiger partial charge in [-0.15, -0.1) is 0 Å². The predicted octanol–water partition coefficient (Wildman–Crippen LogP) is 3.70. The second-order valence-corrected chi connectivity index (χ2v) is 10.6. The lowest BCUT2D eigenvalue weighted by Crippen LogP contribution is -2.63. The zero-order valence-corrected chi connectivity index (χ0v) is 20.5. The molecule has 0 amide bonds. The quantitative estimate of drug-likeness (QED) is 0.559. The Labute approximate surface area is 210 Å². The molecule has 8 nitrogen and oxygen atoms in total. The van der Waals surface area contributed by atoms with Gasteiger partial charge in [-0.1, -0.05) is 32.3 Å². The van der Waals surface area contributed by atoms with Crippen LogP contribution in [0, 0.1) is 28.6 Å². The Balaban J connectivity index is 1.66. The minimum atomic E-state index is -2.55. The standard InChI is InChI=1S/C27H36O8/c1-5-22(31)34-15-21(30)27(35-24(32)33-6-2)12-10-19-18-8-7-16-13-17(28)9-11-25(16,3)23(18)20(29)14-26(19,27)4/h9,11,13,18-20,23,29H,5-8,10,12,14-15H2,1-4H3/t18-,19-,20-,23+,25-,26-,27-/m0/s1/i1D3. The highest BCUT2D eigenvalue weighted by Crippen LogP contribution is 2.67. The second-order valence-electron chi connectivity index (χ2n) is 10.6. The summed E-state index contributed by atoms with van der Waals surface area (Å²) in [5.41, 5.74) is -2.21. The lowest BCUT2D eigenvalue weighted by atomic mass is 9.46. The smallest absolute Gasteiger partial charge is 0.457 e. The molecule has 0 unspecified atom stereocenters. The number of aliphatic hydroxyl groups is 1. The molecule has 35 heavy (non-hydrogen) atoms. The van der Waals surface area contributed by atoms with Crippen LogP contribution in [-0.4, -0.2) is 53.7 Å². The van der Waals surface area contributed by atoms with Gasteiger partial charge in [-0.05, 0) is 63.0 Å². The average molecular weight is 492 g/mol. The number of carbonyl (C=O) groups is 4. The van der Waals surface area contributed by atoms with Crippen LogP contribution >= 0.6 is 0 Å². The van der Waals surface area contributed by atoms with Crippen LogP contribution < -0.4 is 0 Å². The van der Waals surface area contributed by atoms with Gasteiger partial charge >= 0.3 is 12.1 Å². The summed E-state index contributed by atoms with van der Waals surface area (Å²) in [4.78, 5) is 50.4. The third-order valence-electron chi connectivity index (χ3n) is 9.09. The number of allylic oxidation sites excluding steroid dienone is 4. The highest BCUT2D eigenvalue weighted by atomic mass is 16.7. The third-order valence-corrected chi connectivity index (χ3v) is 9.09. The molecule has 0 saturated heterocycles. The Bertz CT molecular complexity index is 1080. The number of rotatable bonds is 6. The normalized spacial score (nSPS) is 41.2. The van der Waals surface area contributed by atoms with Crippen molar-refractivity contribution in [3.05, 3.63) is 23.8 Å². The van der Waals surface area contributed by atoms with Gasteiger partial charge in [0.25, 0.3) is 0 Å². The van der Waals surface area contributed by atoms with Crippen molar-refractivity contribution in [2.45, 2.75) is 77.9 Å². The van der Waals surface area contributed by atoms with E-state index in [1.165, 1.54) is 0 Å². The minimum Gasteiger partial charge on any atom is -0.457 e. The number of esters is 1. The van der Waals surface area contributed by atoms with Crippen molar-refractivity contribution in [1.29, 1.82) is 0 Å². The summed E-state index contributed by atoms with van der Waals surface area (Å²) >= 11 is 0. The second kappa shape index (κ2) is 9.19. The number of hydrogen-bond donors (Lipinski definition) is 1. The van der Waals surface area contributed by atoms with Gasteiger partial charge in [0.05, 0.1) is 12.7 Å². The molecule has 8 heteroatoms. The molecule has 1 N–H and O–H groups in total. The van der Waals surface area contributed by atoms with Gasteiger partial charge in [0, 0.05) is 27.3 Å². The average Bonchev–Trinajstić information content (AvgIpc) is 3.09. The van der Waals surface area contributed by atoms with Crippen molar-refractivity contribution in [2.24, 2.45) is 28.6 Å². The van der Waals surface area contributed by atoms with Crippen LogP contribution in [0.2, 0.25) is 0 Å². The van der Waals surface area contributed by atoms with Crippen molar-refractivity contribution < 1.29 is 42.6 Å². The number of carbonyl (C=O) groups excluding carboxylic acids is 4. The van der Waals surface area contributed by atoms with Crippen LogP contribution in [0.25, 0.3) is 0 Å². The van der Waals surface area contributed by atoms with Gasteiger partial charge in [-0.25, -0.2) is 4.79 Å². The van der Waals surface area contributed by atoms with Crippen LogP contribution in [-0.2, 0) is 28.6 Å². The summed E-state index contributed by atoms with van der Waals surface area (Å²) in [5.74, 6) is -2.07. The molecule has 7 atom stereocenters. The van der Waals surface area contributed by atoms with Crippen molar-refractivity contribution in [2.75, 3.05) is 13.2 Å². The van der Waals surface area contributed by atoms with E-state index < -0.39 is 60.3 Å². The Morgan fingerprint density at radius 2 is 2.00 bits per heavy atom. The first-order chi connectivity index (χ1) is 17.7. The molecule has 0 aromatic heterocycles. The van der Waals surface area contributed by atoms with Gasteiger partial charge < -0.3 is 19.3 Å². The number of Topliss-reactive ketones (excluding diaryl/α,β-unsaturated/α-hetero) is 1. The molecule has 0 aromatic rings. The van der Waals surface area contributed by atoms with Gasteiger partial charge in [-0.3, -0.25) is 14.4 Å². The molecule has 3 saturated carbocycles. The fourth-order valence-corrected chi connectivity index (χ4v) is 7.60. The van der Waals surface area contributed by atoms with Crippen molar-refractivity contribution in [3.8, 4) is 0 Å². The van der Waals surface area contributed by atoms with E-state index in [4.69, 9.17) is 18.3 Å². The van der Waals surface area contributed by atoms with E-state index in [1.807, 2.05) is 19.9 Å². The first-order valence-electron chi connectivity index (χ1n) is 13.8. The fourth-order valence-electron chi connectivity index (χ4n) is 7.60. The van der Waals surface area contributed by atoms with Crippen LogP contribution in [0.4, 0.5) is 4.79 Å². The van der Waals surface area contributed by atoms with Crippen LogP contribution in [0.15, 0.2) is 23.8 Å². The highest BCUT2D eigenvalue weighted by molar-refractivity contribution is 6.01.